The van der Waals surface area contributed by atoms with Gasteiger partial charge in [0, 0.05) is 17.7 Å². The molecule has 0 spiro atoms. The molecule has 0 aliphatic carbocycles. The third-order valence-corrected chi connectivity index (χ3v) is 4.47. The molecule has 0 atom stereocenters. The average Bonchev–Trinajstić information content (AvgIpc) is 2.95. The molecule has 0 saturated heterocycles. The molecule has 0 unspecified atom stereocenters. The Morgan fingerprint density at radius 1 is 1.08 bits per heavy atom. The number of hydrogen-bond donors (Lipinski definition) is 1. The number of ether oxygens (including phenoxy) is 1. The van der Waals surface area contributed by atoms with Crippen LogP contribution in [0.15, 0.2) is 42.5 Å². The predicted molar refractivity (Wildman–Crippen MR) is 99.9 cm³/mol. The van der Waals surface area contributed by atoms with Gasteiger partial charge in [-0.3, -0.25) is 9.59 Å². The van der Waals surface area contributed by atoms with Crippen LogP contribution in [0.3, 0.4) is 0 Å². The van der Waals surface area contributed by atoms with E-state index in [-0.39, 0.29) is 16.7 Å². The van der Waals surface area contributed by atoms with Crippen LogP contribution in [0.2, 0.25) is 0 Å². The third-order valence-electron chi connectivity index (χ3n) is 4.07. The number of methoxy groups -OCH3 is 1. The van der Waals surface area contributed by atoms with Gasteiger partial charge in [-0.1, -0.05) is 35.9 Å². The molecule has 132 valence electrons. The van der Waals surface area contributed by atoms with Crippen LogP contribution in [0.25, 0.3) is 10.6 Å². The van der Waals surface area contributed by atoms with E-state index in [1.54, 1.807) is 42.5 Å². The number of anilines is 1. The summed E-state index contributed by atoms with van der Waals surface area (Å²) < 4.78 is 4.73. The molecule has 5 nitrogen and oxygen atoms in total. The van der Waals surface area contributed by atoms with E-state index in [0.717, 1.165) is 5.56 Å². The van der Waals surface area contributed by atoms with Gasteiger partial charge in [0.1, 0.15) is 5.78 Å². The Hall–Kier alpha value is -2.92. The standard InChI is InChI=1S/C20H16ClNO4/c1-11(23)9-12-3-5-13(6-4-12)18(21)17-15-10-14(20(25)26-2)7-8-16(15)22-19(17)24/h3-8,10H,9H2,1-2H3,(H,22,24)/b18-17-. The molecule has 1 aliphatic heterocycles. The fraction of sp³-hybridized carbons (Fsp3) is 0.150. The molecule has 0 bridgehead atoms. The van der Waals surface area contributed by atoms with Crippen molar-refractivity contribution in [3.05, 3.63) is 64.7 Å². The Bertz CT molecular complexity index is 945. The SMILES string of the molecule is COC(=O)c1ccc2c(c1)/C(=C(/Cl)c1ccc(CC(C)=O)cc1)C(=O)N2. The van der Waals surface area contributed by atoms with Crippen molar-refractivity contribution in [1.82, 2.24) is 0 Å². The zero-order chi connectivity index (χ0) is 18.8. The number of Topliss-reactive ketones (excluding diaryl/α,β-unsaturated/α-hetero) is 1. The first-order valence-electron chi connectivity index (χ1n) is 7.93. The van der Waals surface area contributed by atoms with Crippen molar-refractivity contribution >= 4 is 45.6 Å². The number of fused-ring (bicyclic) bond motifs is 1. The molecule has 6 heteroatoms. The molecule has 2 aromatic rings. The van der Waals surface area contributed by atoms with Gasteiger partial charge >= 0.3 is 5.97 Å². The highest BCUT2D eigenvalue weighted by Gasteiger charge is 2.28. The van der Waals surface area contributed by atoms with Gasteiger partial charge in [-0.2, -0.15) is 0 Å². The molecule has 1 aliphatic rings. The number of halogens is 1. The van der Waals surface area contributed by atoms with Crippen LogP contribution < -0.4 is 5.32 Å². The highest BCUT2D eigenvalue weighted by molar-refractivity contribution is 6.59. The zero-order valence-electron chi connectivity index (χ0n) is 14.3. The fourth-order valence-electron chi connectivity index (χ4n) is 2.83. The summed E-state index contributed by atoms with van der Waals surface area (Å²) in [5.74, 6) is -0.752. The van der Waals surface area contributed by atoms with Crippen molar-refractivity contribution in [3.63, 3.8) is 0 Å². The highest BCUT2D eigenvalue weighted by Crippen LogP contribution is 2.39. The van der Waals surface area contributed by atoms with Gasteiger partial charge in [-0.25, -0.2) is 4.79 Å². The van der Waals surface area contributed by atoms with E-state index < -0.39 is 5.97 Å². The second-order valence-electron chi connectivity index (χ2n) is 5.97. The molecule has 1 N–H and O–H groups in total. The second-order valence-corrected chi connectivity index (χ2v) is 6.35. The molecule has 3 rings (SSSR count). The summed E-state index contributed by atoms with van der Waals surface area (Å²) >= 11 is 6.49. The van der Waals surface area contributed by atoms with Gasteiger partial charge in [0.2, 0.25) is 0 Å². The molecular formula is C20H16ClNO4. The quantitative estimate of drug-likeness (QED) is 0.659. The van der Waals surface area contributed by atoms with Crippen molar-refractivity contribution in [3.8, 4) is 0 Å². The van der Waals surface area contributed by atoms with Crippen molar-refractivity contribution in [2.75, 3.05) is 12.4 Å². The molecule has 0 saturated carbocycles. The maximum absolute atomic E-state index is 12.4. The fourth-order valence-corrected chi connectivity index (χ4v) is 3.14. The first-order chi connectivity index (χ1) is 12.4. The van der Waals surface area contributed by atoms with Gasteiger partial charge in [0.15, 0.2) is 0 Å². The average molecular weight is 370 g/mol. The second kappa shape index (κ2) is 7.14. The van der Waals surface area contributed by atoms with Crippen molar-refractivity contribution in [2.24, 2.45) is 0 Å². The van der Waals surface area contributed by atoms with Gasteiger partial charge in [-0.15, -0.1) is 0 Å². The van der Waals surface area contributed by atoms with E-state index in [9.17, 15) is 14.4 Å². The highest BCUT2D eigenvalue weighted by atomic mass is 35.5. The summed E-state index contributed by atoms with van der Waals surface area (Å²) in [5.41, 5.74) is 3.30. The zero-order valence-corrected chi connectivity index (χ0v) is 15.0. The van der Waals surface area contributed by atoms with E-state index in [2.05, 4.69) is 5.32 Å². The van der Waals surface area contributed by atoms with Gasteiger partial charge in [0.05, 0.1) is 23.3 Å². The molecule has 26 heavy (non-hydrogen) atoms. The summed E-state index contributed by atoms with van der Waals surface area (Å²) in [4.78, 5) is 35.4. The molecular weight excluding hydrogens is 354 g/mol. The number of carbonyl (C=O) groups excluding carboxylic acids is 3. The van der Waals surface area contributed by atoms with Crippen LogP contribution in [0.4, 0.5) is 5.69 Å². The molecule has 0 fully saturated rings. The minimum atomic E-state index is -0.490. The Morgan fingerprint density at radius 2 is 1.73 bits per heavy atom. The van der Waals surface area contributed by atoms with Crippen LogP contribution in [-0.2, 0) is 20.7 Å². The van der Waals surface area contributed by atoms with E-state index in [1.807, 2.05) is 0 Å². The van der Waals surface area contributed by atoms with Gasteiger partial charge in [-0.05, 0) is 36.2 Å². The normalized spacial score (nSPS) is 14.5. The summed E-state index contributed by atoms with van der Waals surface area (Å²) in [7, 11) is 1.30. The van der Waals surface area contributed by atoms with Crippen molar-refractivity contribution in [1.29, 1.82) is 0 Å². The van der Waals surface area contributed by atoms with Crippen LogP contribution in [0.5, 0.6) is 0 Å². The lowest BCUT2D eigenvalue weighted by atomic mass is 10.00. The summed E-state index contributed by atoms with van der Waals surface area (Å²) in [6.07, 6.45) is 0.347. The number of amides is 1. The minimum absolute atomic E-state index is 0.0710. The number of benzene rings is 2. The summed E-state index contributed by atoms with van der Waals surface area (Å²) in [5, 5.41) is 3.02. The third kappa shape index (κ3) is 3.39. The number of hydrogen-bond acceptors (Lipinski definition) is 4. The van der Waals surface area contributed by atoms with E-state index >= 15 is 0 Å². The Balaban J connectivity index is 2.04. The monoisotopic (exact) mass is 369 g/mol. The van der Waals surface area contributed by atoms with E-state index in [4.69, 9.17) is 16.3 Å². The number of esters is 1. The van der Waals surface area contributed by atoms with Crippen LogP contribution in [-0.4, -0.2) is 24.8 Å². The van der Waals surface area contributed by atoms with Crippen LogP contribution in [0, 0.1) is 0 Å². The lowest BCUT2D eigenvalue weighted by Crippen LogP contribution is -2.04. The van der Waals surface area contributed by atoms with Gasteiger partial charge < -0.3 is 10.1 Å². The first-order valence-corrected chi connectivity index (χ1v) is 8.31. The Kier molecular flexibility index (Phi) is 4.91. The van der Waals surface area contributed by atoms with Crippen LogP contribution >= 0.6 is 11.6 Å². The lowest BCUT2D eigenvalue weighted by molar-refractivity contribution is -0.116. The number of rotatable bonds is 4. The van der Waals surface area contributed by atoms with Crippen molar-refractivity contribution < 1.29 is 19.1 Å². The number of carbonyl (C=O) groups is 3. The smallest absolute Gasteiger partial charge is 0.337 e. The van der Waals surface area contributed by atoms with Crippen LogP contribution in [0.1, 0.15) is 34.0 Å². The maximum Gasteiger partial charge on any atom is 0.337 e. The van der Waals surface area contributed by atoms with Gasteiger partial charge in [0.25, 0.3) is 5.91 Å². The maximum atomic E-state index is 12.4. The van der Waals surface area contributed by atoms with E-state index in [1.165, 1.54) is 14.0 Å². The minimum Gasteiger partial charge on any atom is -0.465 e. The number of ketones is 1. The molecule has 0 radical (unpaired) electrons. The molecule has 1 heterocycles. The lowest BCUT2D eigenvalue weighted by Gasteiger charge is -2.07. The number of nitrogens with one attached hydrogen (secondary N) is 1. The van der Waals surface area contributed by atoms with E-state index in [0.29, 0.717) is 34.4 Å². The predicted octanol–water partition coefficient (Wildman–Crippen LogP) is 3.66. The van der Waals surface area contributed by atoms with Crippen molar-refractivity contribution in [2.45, 2.75) is 13.3 Å². The largest absolute Gasteiger partial charge is 0.465 e. The molecule has 0 aromatic heterocycles. The summed E-state index contributed by atoms with van der Waals surface area (Å²) in [6.45, 7) is 1.53. The first kappa shape index (κ1) is 17.9. The topological polar surface area (TPSA) is 72.5 Å². The Morgan fingerprint density at radius 3 is 2.35 bits per heavy atom. The molecule has 1 amide bonds. The Labute approximate surface area is 155 Å². The molecule has 2 aromatic carbocycles. The summed E-state index contributed by atoms with van der Waals surface area (Å²) in [6, 6.07) is 12.0.